The Morgan fingerprint density at radius 1 is 0.453 bits per heavy atom. The summed E-state index contributed by atoms with van der Waals surface area (Å²) in [4.78, 5) is 2.46. The monoisotopic (exact) mass is 820 g/mol. The van der Waals surface area contributed by atoms with E-state index in [0.29, 0.717) is 5.92 Å². The average molecular weight is 821 g/mol. The van der Waals surface area contributed by atoms with E-state index in [9.17, 15) is 0 Å². The van der Waals surface area contributed by atoms with Crippen molar-refractivity contribution in [3.05, 3.63) is 236 Å². The smallest absolute Gasteiger partial charge is 0.143 e. The predicted octanol–water partition coefficient (Wildman–Crippen LogP) is 17.1. The van der Waals surface area contributed by atoms with Gasteiger partial charge >= 0.3 is 0 Å². The Hall–Kier alpha value is -8.14. The third kappa shape index (κ3) is 6.28. The van der Waals surface area contributed by atoms with E-state index in [4.69, 9.17) is 4.42 Å². The van der Waals surface area contributed by atoms with E-state index in [-0.39, 0.29) is 0 Å². The zero-order valence-electron chi connectivity index (χ0n) is 35.5. The second-order valence-corrected chi connectivity index (χ2v) is 16.9. The fourth-order valence-electron chi connectivity index (χ4n) is 9.94. The minimum Gasteiger partial charge on any atom is -0.455 e. The molecule has 0 fully saturated rings. The SMILES string of the molecule is CC1C=CC(c2ccccc2N(c2ccc(-c3cccc4c3oc3ccccc34)cc2)c2ccccc2-c2ccccc2-c2ccccc2-n2c3ccccc3c3ccccc32)=CC1. The predicted molar refractivity (Wildman–Crippen MR) is 270 cm³/mol. The highest BCUT2D eigenvalue weighted by Crippen LogP contribution is 2.48. The molecule has 1 aliphatic rings. The number of hydrogen-bond acceptors (Lipinski definition) is 2. The third-order valence-corrected chi connectivity index (χ3v) is 13.0. The fraction of sp³-hybridized carbons (Fsp3) is 0.0492. The minimum absolute atomic E-state index is 0.512. The molecule has 0 spiro atoms. The molecule has 0 amide bonds. The van der Waals surface area contributed by atoms with Gasteiger partial charge in [0.15, 0.2) is 0 Å². The van der Waals surface area contributed by atoms with Crippen LogP contribution in [0, 0.1) is 5.92 Å². The van der Waals surface area contributed by atoms with Gasteiger partial charge in [-0.15, -0.1) is 0 Å². The highest BCUT2D eigenvalue weighted by Gasteiger charge is 2.24. The summed E-state index contributed by atoms with van der Waals surface area (Å²) in [5, 5.41) is 4.76. The molecule has 2 aromatic heterocycles. The van der Waals surface area contributed by atoms with Gasteiger partial charge in [-0.3, -0.25) is 0 Å². The van der Waals surface area contributed by atoms with Gasteiger partial charge in [-0.1, -0.05) is 189 Å². The van der Waals surface area contributed by atoms with Crippen molar-refractivity contribution in [1.82, 2.24) is 4.57 Å². The van der Waals surface area contributed by atoms with Gasteiger partial charge in [0.05, 0.1) is 28.1 Å². The first-order valence-electron chi connectivity index (χ1n) is 22.2. The van der Waals surface area contributed by atoms with Gasteiger partial charge in [-0.2, -0.15) is 0 Å². The molecule has 3 nitrogen and oxygen atoms in total. The molecule has 9 aromatic carbocycles. The molecule has 3 heteroatoms. The van der Waals surface area contributed by atoms with E-state index in [0.717, 1.165) is 73.4 Å². The Balaban J connectivity index is 1.05. The van der Waals surface area contributed by atoms with Crippen LogP contribution in [0.4, 0.5) is 17.1 Å². The van der Waals surface area contributed by atoms with Crippen LogP contribution in [-0.2, 0) is 0 Å². The van der Waals surface area contributed by atoms with E-state index in [1.165, 1.54) is 44.1 Å². The van der Waals surface area contributed by atoms with E-state index in [1.54, 1.807) is 0 Å². The van der Waals surface area contributed by atoms with Gasteiger partial charge in [0.2, 0.25) is 0 Å². The van der Waals surface area contributed by atoms with Crippen molar-refractivity contribution in [1.29, 1.82) is 0 Å². The summed E-state index contributed by atoms with van der Waals surface area (Å²) in [5.41, 5.74) is 17.9. The molecule has 0 saturated heterocycles. The molecule has 304 valence electrons. The third-order valence-electron chi connectivity index (χ3n) is 13.0. The number of para-hydroxylation sites is 7. The lowest BCUT2D eigenvalue weighted by Gasteiger charge is -2.31. The standard InChI is InChI=1S/C61H44N2O/c1-41-33-35-42(36-34-41)45-17-4-10-27-55(45)62(44-39-37-43(38-40-44)46-25-16-26-54-53-24-9-15-32-60(53)64-61(46)54)56-28-11-5-20-49(56)47-18-2-3-19-48(47)50-21-6-12-29-57(50)63-58-30-13-7-22-51(58)52-23-8-14-31-59(52)63/h2-33,35-41H,34H2,1H3. The summed E-state index contributed by atoms with van der Waals surface area (Å²) in [7, 11) is 0. The maximum absolute atomic E-state index is 6.51. The Labute approximate surface area is 373 Å². The second-order valence-electron chi connectivity index (χ2n) is 16.9. The largest absolute Gasteiger partial charge is 0.455 e. The van der Waals surface area contributed by atoms with Crippen LogP contribution in [0.1, 0.15) is 18.9 Å². The molecule has 1 aliphatic carbocycles. The summed E-state index contributed by atoms with van der Waals surface area (Å²) in [6.07, 6.45) is 8.04. The van der Waals surface area contributed by atoms with Crippen molar-refractivity contribution < 1.29 is 4.42 Å². The molecule has 2 heterocycles. The molecular formula is C61H44N2O. The summed E-state index contributed by atoms with van der Waals surface area (Å²) in [6, 6.07) is 76.8. The summed E-state index contributed by atoms with van der Waals surface area (Å²) < 4.78 is 8.94. The van der Waals surface area contributed by atoms with Crippen LogP contribution in [0.25, 0.3) is 88.4 Å². The quantitative estimate of drug-likeness (QED) is 0.152. The lowest BCUT2D eigenvalue weighted by molar-refractivity contribution is 0.670. The topological polar surface area (TPSA) is 21.3 Å². The molecule has 0 saturated carbocycles. The normalized spacial score (nSPS) is 13.8. The molecule has 64 heavy (non-hydrogen) atoms. The molecular weight excluding hydrogens is 777 g/mol. The summed E-state index contributed by atoms with van der Waals surface area (Å²) in [5.74, 6) is 0.512. The van der Waals surface area contributed by atoms with Gasteiger partial charge < -0.3 is 13.9 Å². The van der Waals surface area contributed by atoms with Crippen LogP contribution in [-0.4, -0.2) is 4.57 Å². The zero-order valence-corrected chi connectivity index (χ0v) is 35.5. The number of hydrogen-bond donors (Lipinski definition) is 0. The number of fused-ring (bicyclic) bond motifs is 6. The summed E-state index contributed by atoms with van der Waals surface area (Å²) in [6.45, 7) is 2.28. The van der Waals surface area contributed by atoms with E-state index >= 15 is 0 Å². The van der Waals surface area contributed by atoms with Gasteiger partial charge in [-0.05, 0) is 83.1 Å². The van der Waals surface area contributed by atoms with Gasteiger partial charge in [0, 0.05) is 49.5 Å². The van der Waals surface area contributed by atoms with E-state index in [1.807, 2.05) is 12.1 Å². The molecule has 0 aliphatic heterocycles. The first-order valence-corrected chi connectivity index (χ1v) is 22.2. The number of aromatic nitrogens is 1. The highest BCUT2D eigenvalue weighted by molar-refractivity contribution is 6.11. The van der Waals surface area contributed by atoms with Crippen molar-refractivity contribution in [2.45, 2.75) is 13.3 Å². The maximum Gasteiger partial charge on any atom is 0.143 e. The van der Waals surface area contributed by atoms with Crippen LogP contribution in [0.2, 0.25) is 0 Å². The number of rotatable bonds is 8. The molecule has 12 rings (SSSR count). The van der Waals surface area contributed by atoms with Crippen LogP contribution < -0.4 is 4.90 Å². The average Bonchev–Trinajstić information content (AvgIpc) is 3.91. The Kier molecular flexibility index (Phi) is 9.19. The Morgan fingerprint density at radius 3 is 1.69 bits per heavy atom. The minimum atomic E-state index is 0.512. The van der Waals surface area contributed by atoms with Crippen LogP contribution in [0.5, 0.6) is 0 Å². The van der Waals surface area contributed by atoms with Gasteiger partial charge in [-0.25, -0.2) is 0 Å². The van der Waals surface area contributed by atoms with Crippen molar-refractivity contribution >= 4 is 66.4 Å². The number of benzene rings is 9. The number of furan rings is 1. The second kappa shape index (κ2) is 15.6. The highest BCUT2D eigenvalue weighted by atomic mass is 16.3. The maximum atomic E-state index is 6.51. The lowest BCUT2D eigenvalue weighted by atomic mass is 9.91. The van der Waals surface area contributed by atoms with Crippen LogP contribution in [0.15, 0.2) is 235 Å². The van der Waals surface area contributed by atoms with E-state index < -0.39 is 0 Å². The number of anilines is 3. The van der Waals surface area contributed by atoms with Crippen molar-refractivity contribution in [3.63, 3.8) is 0 Å². The van der Waals surface area contributed by atoms with Gasteiger partial charge in [0.25, 0.3) is 0 Å². The van der Waals surface area contributed by atoms with Crippen molar-refractivity contribution in [2.75, 3.05) is 4.90 Å². The molecule has 1 unspecified atom stereocenters. The number of nitrogens with zero attached hydrogens (tertiary/aromatic N) is 2. The molecule has 1 atom stereocenters. The molecule has 0 N–H and O–H groups in total. The van der Waals surface area contributed by atoms with Crippen LogP contribution in [0.3, 0.4) is 0 Å². The molecule has 11 aromatic rings. The van der Waals surface area contributed by atoms with Crippen molar-refractivity contribution in [2.24, 2.45) is 5.92 Å². The van der Waals surface area contributed by atoms with Crippen LogP contribution >= 0.6 is 0 Å². The van der Waals surface area contributed by atoms with Crippen molar-refractivity contribution in [3.8, 4) is 39.1 Å². The summed E-state index contributed by atoms with van der Waals surface area (Å²) >= 11 is 0. The van der Waals surface area contributed by atoms with E-state index in [2.05, 4.69) is 235 Å². The van der Waals surface area contributed by atoms with Gasteiger partial charge in [0.1, 0.15) is 11.2 Å². The number of allylic oxidation sites excluding steroid dienone is 4. The first-order chi connectivity index (χ1) is 31.7. The zero-order chi connectivity index (χ0) is 42.6. The first kappa shape index (κ1) is 37.6. The lowest BCUT2D eigenvalue weighted by Crippen LogP contribution is -2.13. The molecule has 0 bridgehead atoms. The molecule has 0 radical (unpaired) electrons. The Bertz CT molecular complexity index is 3570. The fourth-order valence-corrected chi connectivity index (χ4v) is 9.94. The Morgan fingerprint density at radius 2 is 0.984 bits per heavy atom.